The average Bonchev–Trinajstić information content (AvgIpc) is 2.98. The monoisotopic (exact) mass is 295 g/mol. The molecule has 1 saturated carbocycles. The Bertz CT molecular complexity index is 329. The molecule has 0 amide bonds. The Balaban J connectivity index is 1.99. The van der Waals surface area contributed by atoms with Gasteiger partial charge in [0.05, 0.1) is 0 Å². The largest absolute Gasteiger partial charge is 0.329 e. The summed E-state index contributed by atoms with van der Waals surface area (Å²) in [5.74, 6) is 0.884. The molecule has 0 aromatic carbocycles. The van der Waals surface area contributed by atoms with Crippen molar-refractivity contribution in [1.29, 1.82) is 0 Å². The van der Waals surface area contributed by atoms with Crippen molar-refractivity contribution in [2.45, 2.75) is 70.9 Å². The maximum atomic E-state index is 6.27. The van der Waals surface area contributed by atoms with E-state index in [1.807, 2.05) is 0 Å². The van der Waals surface area contributed by atoms with Gasteiger partial charge in [0.25, 0.3) is 0 Å². The summed E-state index contributed by atoms with van der Waals surface area (Å²) >= 11 is 0. The molecule has 1 unspecified atom stereocenters. The fraction of sp³-hybridized carbons (Fsp3) is 1.00. The van der Waals surface area contributed by atoms with Crippen LogP contribution < -0.4 is 5.73 Å². The van der Waals surface area contributed by atoms with E-state index in [0.29, 0.717) is 11.0 Å². The van der Waals surface area contributed by atoms with Crippen molar-refractivity contribution < 1.29 is 0 Å². The molecule has 2 N–H and O–H groups in total. The third-order valence-electron chi connectivity index (χ3n) is 6.88. The van der Waals surface area contributed by atoms with E-state index >= 15 is 0 Å². The summed E-state index contributed by atoms with van der Waals surface area (Å²) in [7, 11) is 4.42. The number of hydrogen-bond acceptors (Lipinski definition) is 3. The average molecular weight is 296 g/mol. The van der Waals surface area contributed by atoms with Gasteiger partial charge in [-0.2, -0.15) is 0 Å². The van der Waals surface area contributed by atoms with Crippen molar-refractivity contribution in [1.82, 2.24) is 9.80 Å². The van der Waals surface area contributed by atoms with Gasteiger partial charge in [-0.25, -0.2) is 0 Å². The molecule has 1 saturated heterocycles. The van der Waals surface area contributed by atoms with E-state index in [1.54, 1.807) is 0 Å². The maximum absolute atomic E-state index is 6.27. The number of likely N-dealkylation sites (N-methyl/N-ethyl adjacent to an activating group) is 1. The summed E-state index contributed by atoms with van der Waals surface area (Å²) in [4.78, 5) is 5.11. The minimum atomic E-state index is 0.297. The van der Waals surface area contributed by atoms with E-state index in [0.717, 1.165) is 18.5 Å². The van der Waals surface area contributed by atoms with Crippen LogP contribution in [0, 0.1) is 11.3 Å². The topological polar surface area (TPSA) is 32.5 Å². The van der Waals surface area contributed by atoms with E-state index in [-0.39, 0.29) is 0 Å². The van der Waals surface area contributed by atoms with Crippen LogP contribution in [0.25, 0.3) is 0 Å². The number of likely N-dealkylation sites (tertiary alicyclic amines) is 1. The lowest BCUT2D eigenvalue weighted by Crippen LogP contribution is -2.56. The molecule has 1 heterocycles. The first-order valence-electron chi connectivity index (χ1n) is 8.96. The molecule has 0 bridgehead atoms. The molecule has 0 spiro atoms. The minimum absolute atomic E-state index is 0.297. The zero-order valence-corrected chi connectivity index (χ0v) is 15.0. The Labute approximate surface area is 132 Å². The third kappa shape index (κ3) is 3.46. The highest BCUT2D eigenvalue weighted by Crippen LogP contribution is 2.45. The molecular weight excluding hydrogens is 258 g/mol. The number of nitrogens with zero attached hydrogens (tertiary/aromatic N) is 2. The highest BCUT2D eigenvalue weighted by atomic mass is 15.3. The number of rotatable bonds is 5. The number of hydrogen-bond donors (Lipinski definition) is 1. The van der Waals surface area contributed by atoms with Gasteiger partial charge < -0.3 is 10.6 Å². The molecule has 2 aliphatic rings. The lowest BCUT2D eigenvalue weighted by atomic mass is 9.65. The van der Waals surface area contributed by atoms with Crippen molar-refractivity contribution >= 4 is 0 Å². The van der Waals surface area contributed by atoms with Gasteiger partial charge in [0.1, 0.15) is 0 Å². The molecular formula is C18H37N3. The van der Waals surface area contributed by atoms with Gasteiger partial charge in [-0.05, 0) is 57.5 Å². The van der Waals surface area contributed by atoms with Crippen molar-refractivity contribution in [2.24, 2.45) is 17.1 Å². The first kappa shape index (κ1) is 17.2. The van der Waals surface area contributed by atoms with Crippen LogP contribution in [0.3, 0.4) is 0 Å². The highest BCUT2D eigenvalue weighted by molar-refractivity contribution is 5.01. The van der Waals surface area contributed by atoms with Crippen molar-refractivity contribution in [3.63, 3.8) is 0 Å². The van der Waals surface area contributed by atoms with E-state index in [1.165, 1.54) is 51.6 Å². The Morgan fingerprint density at radius 3 is 2.24 bits per heavy atom. The second-order valence-corrected chi connectivity index (χ2v) is 8.40. The molecule has 3 nitrogen and oxygen atoms in total. The molecule has 124 valence electrons. The SMILES string of the molecule is CCC(C)(C)C1CCC(CN)(N2CCC(N(C)C)C2)CC1. The van der Waals surface area contributed by atoms with Gasteiger partial charge in [-0.15, -0.1) is 0 Å². The van der Waals surface area contributed by atoms with E-state index in [2.05, 4.69) is 44.7 Å². The molecule has 0 aromatic heterocycles. The van der Waals surface area contributed by atoms with Crippen LogP contribution in [0.15, 0.2) is 0 Å². The third-order valence-corrected chi connectivity index (χ3v) is 6.88. The summed E-state index contributed by atoms with van der Waals surface area (Å²) in [5, 5.41) is 0. The van der Waals surface area contributed by atoms with Gasteiger partial charge in [0.2, 0.25) is 0 Å². The van der Waals surface area contributed by atoms with Crippen LogP contribution in [0.1, 0.15) is 59.3 Å². The first-order valence-corrected chi connectivity index (χ1v) is 8.96. The molecule has 1 atom stereocenters. The van der Waals surface area contributed by atoms with Crippen molar-refractivity contribution in [2.75, 3.05) is 33.7 Å². The van der Waals surface area contributed by atoms with E-state index in [4.69, 9.17) is 5.73 Å². The molecule has 21 heavy (non-hydrogen) atoms. The lowest BCUT2D eigenvalue weighted by molar-refractivity contribution is 0.0275. The number of nitrogens with two attached hydrogens (primary N) is 1. The zero-order valence-electron chi connectivity index (χ0n) is 15.0. The summed E-state index contributed by atoms with van der Waals surface area (Å²) in [6, 6.07) is 0.721. The Morgan fingerprint density at radius 2 is 1.81 bits per heavy atom. The predicted molar refractivity (Wildman–Crippen MR) is 91.5 cm³/mol. The van der Waals surface area contributed by atoms with Gasteiger partial charge in [0.15, 0.2) is 0 Å². The minimum Gasteiger partial charge on any atom is -0.329 e. The molecule has 1 aliphatic heterocycles. The van der Waals surface area contributed by atoms with E-state index in [9.17, 15) is 0 Å². The molecule has 0 aromatic rings. The van der Waals surface area contributed by atoms with Crippen molar-refractivity contribution in [3.8, 4) is 0 Å². The molecule has 0 radical (unpaired) electrons. The molecule has 1 aliphatic carbocycles. The van der Waals surface area contributed by atoms with Crippen LogP contribution in [0.4, 0.5) is 0 Å². The van der Waals surface area contributed by atoms with Gasteiger partial charge >= 0.3 is 0 Å². The van der Waals surface area contributed by atoms with Crippen LogP contribution >= 0.6 is 0 Å². The van der Waals surface area contributed by atoms with Gasteiger partial charge in [-0.3, -0.25) is 4.90 Å². The van der Waals surface area contributed by atoms with E-state index < -0.39 is 0 Å². The second kappa shape index (κ2) is 6.55. The van der Waals surface area contributed by atoms with Crippen LogP contribution in [-0.4, -0.2) is 55.1 Å². The smallest absolute Gasteiger partial charge is 0.0332 e. The molecule has 2 rings (SSSR count). The Kier molecular flexibility index (Phi) is 5.38. The first-order chi connectivity index (χ1) is 9.84. The predicted octanol–water partition coefficient (Wildman–Crippen LogP) is 2.95. The molecule has 2 fully saturated rings. The summed E-state index contributed by atoms with van der Waals surface area (Å²) in [6.07, 6.45) is 7.93. The summed E-state index contributed by atoms with van der Waals surface area (Å²) in [5.41, 5.74) is 7.07. The highest BCUT2D eigenvalue weighted by Gasteiger charge is 2.44. The Hall–Kier alpha value is -0.120. The van der Waals surface area contributed by atoms with Crippen LogP contribution in [-0.2, 0) is 0 Å². The van der Waals surface area contributed by atoms with Crippen LogP contribution in [0.2, 0.25) is 0 Å². The van der Waals surface area contributed by atoms with Gasteiger partial charge in [0, 0.05) is 31.2 Å². The van der Waals surface area contributed by atoms with Crippen molar-refractivity contribution in [3.05, 3.63) is 0 Å². The normalized spacial score (nSPS) is 35.6. The molecule has 3 heteroatoms. The zero-order chi connectivity index (χ0) is 15.7. The van der Waals surface area contributed by atoms with Crippen LogP contribution in [0.5, 0.6) is 0 Å². The second-order valence-electron chi connectivity index (χ2n) is 8.40. The lowest BCUT2D eigenvalue weighted by Gasteiger charge is -2.49. The van der Waals surface area contributed by atoms with Gasteiger partial charge in [-0.1, -0.05) is 27.2 Å². The summed E-state index contributed by atoms with van der Waals surface area (Å²) in [6.45, 7) is 10.5. The quantitative estimate of drug-likeness (QED) is 0.846. The standard InChI is InChI=1S/C18H37N3/c1-6-17(2,3)15-7-10-18(14-19,11-8-15)21-12-9-16(13-21)20(4)5/h15-16H,6-14,19H2,1-5H3. The fourth-order valence-corrected chi connectivity index (χ4v) is 4.47. The Morgan fingerprint density at radius 1 is 1.19 bits per heavy atom. The fourth-order valence-electron chi connectivity index (χ4n) is 4.47. The summed E-state index contributed by atoms with van der Waals surface area (Å²) < 4.78 is 0. The maximum Gasteiger partial charge on any atom is 0.0332 e.